The van der Waals surface area contributed by atoms with Gasteiger partial charge < -0.3 is 5.32 Å². The first-order chi connectivity index (χ1) is 6.74. The van der Waals surface area contributed by atoms with Crippen LogP contribution in [0.2, 0.25) is 0 Å². The predicted molar refractivity (Wildman–Crippen MR) is 51.3 cm³/mol. The average Bonchev–Trinajstić information content (AvgIpc) is 2.51. The van der Waals surface area contributed by atoms with Crippen LogP contribution in [0.25, 0.3) is 0 Å². The lowest BCUT2D eigenvalue weighted by Gasteiger charge is -2.09. The highest BCUT2D eigenvalue weighted by Crippen LogP contribution is 2.13. The van der Waals surface area contributed by atoms with Crippen LogP contribution in [-0.2, 0) is 11.2 Å². The van der Waals surface area contributed by atoms with Crippen molar-refractivity contribution in [1.29, 1.82) is 0 Å². The molecule has 1 aliphatic rings. The SMILES string of the molecule is O=C1CCC(Cc2cccc(F)c2)N1. The van der Waals surface area contributed by atoms with Crippen molar-refractivity contribution in [3.8, 4) is 0 Å². The minimum absolute atomic E-state index is 0.103. The van der Waals surface area contributed by atoms with Crippen molar-refractivity contribution >= 4 is 5.91 Å². The maximum absolute atomic E-state index is 12.8. The molecule has 0 aliphatic carbocycles. The van der Waals surface area contributed by atoms with Crippen molar-refractivity contribution in [3.05, 3.63) is 35.6 Å². The van der Waals surface area contributed by atoms with Crippen LogP contribution < -0.4 is 5.32 Å². The molecule has 1 atom stereocenters. The van der Waals surface area contributed by atoms with Gasteiger partial charge in [0.15, 0.2) is 0 Å². The summed E-state index contributed by atoms with van der Waals surface area (Å²) in [6.07, 6.45) is 2.18. The molecule has 1 aromatic carbocycles. The van der Waals surface area contributed by atoms with Crippen LogP contribution in [0.4, 0.5) is 4.39 Å². The van der Waals surface area contributed by atoms with Gasteiger partial charge in [-0.05, 0) is 30.5 Å². The Balaban J connectivity index is 2.00. The number of carbonyl (C=O) groups excluding carboxylic acids is 1. The number of rotatable bonds is 2. The van der Waals surface area contributed by atoms with Crippen molar-refractivity contribution in [2.24, 2.45) is 0 Å². The van der Waals surface area contributed by atoms with Gasteiger partial charge in [-0.15, -0.1) is 0 Å². The van der Waals surface area contributed by atoms with Gasteiger partial charge in [-0.25, -0.2) is 4.39 Å². The Kier molecular flexibility index (Phi) is 2.48. The summed E-state index contributed by atoms with van der Waals surface area (Å²) in [4.78, 5) is 10.9. The minimum Gasteiger partial charge on any atom is -0.353 e. The van der Waals surface area contributed by atoms with Crippen molar-refractivity contribution in [1.82, 2.24) is 5.32 Å². The smallest absolute Gasteiger partial charge is 0.220 e. The van der Waals surface area contributed by atoms with Crippen molar-refractivity contribution < 1.29 is 9.18 Å². The molecule has 0 saturated carbocycles. The van der Waals surface area contributed by atoms with E-state index in [4.69, 9.17) is 0 Å². The van der Waals surface area contributed by atoms with Crippen LogP contribution in [0.15, 0.2) is 24.3 Å². The maximum Gasteiger partial charge on any atom is 0.220 e. The summed E-state index contributed by atoms with van der Waals surface area (Å²) in [5, 5.41) is 2.86. The maximum atomic E-state index is 12.8. The molecule has 0 bridgehead atoms. The van der Waals surface area contributed by atoms with E-state index in [1.54, 1.807) is 6.07 Å². The molecule has 0 spiro atoms. The van der Waals surface area contributed by atoms with Gasteiger partial charge in [-0.1, -0.05) is 12.1 Å². The molecule has 3 heteroatoms. The lowest BCUT2D eigenvalue weighted by molar-refractivity contribution is -0.119. The minimum atomic E-state index is -0.216. The normalized spacial score (nSPS) is 20.9. The Bertz CT molecular complexity index is 351. The van der Waals surface area contributed by atoms with E-state index < -0.39 is 0 Å². The summed E-state index contributed by atoms with van der Waals surface area (Å²) in [5.41, 5.74) is 0.942. The molecule has 1 unspecified atom stereocenters. The number of amides is 1. The highest BCUT2D eigenvalue weighted by Gasteiger charge is 2.20. The second kappa shape index (κ2) is 3.78. The number of hydrogen-bond donors (Lipinski definition) is 1. The fraction of sp³-hybridized carbons (Fsp3) is 0.364. The second-order valence-electron chi connectivity index (χ2n) is 3.64. The van der Waals surface area contributed by atoms with Gasteiger partial charge in [0.05, 0.1) is 0 Å². The van der Waals surface area contributed by atoms with Crippen LogP contribution in [0.5, 0.6) is 0 Å². The van der Waals surface area contributed by atoms with E-state index in [9.17, 15) is 9.18 Å². The first-order valence-corrected chi connectivity index (χ1v) is 4.78. The molecular weight excluding hydrogens is 181 g/mol. The van der Waals surface area contributed by atoms with E-state index in [-0.39, 0.29) is 17.8 Å². The topological polar surface area (TPSA) is 29.1 Å². The Morgan fingerprint density at radius 2 is 2.36 bits per heavy atom. The Morgan fingerprint density at radius 3 is 3.00 bits per heavy atom. The molecule has 74 valence electrons. The second-order valence-corrected chi connectivity index (χ2v) is 3.64. The fourth-order valence-corrected chi connectivity index (χ4v) is 1.78. The zero-order chi connectivity index (χ0) is 9.97. The van der Waals surface area contributed by atoms with Crippen LogP contribution in [-0.4, -0.2) is 11.9 Å². The van der Waals surface area contributed by atoms with Crippen molar-refractivity contribution in [2.45, 2.75) is 25.3 Å². The number of carbonyl (C=O) groups is 1. The lowest BCUT2D eigenvalue weighted by Crippen LogP contribution is -2.27. The molecule has 1 amide bonds. The van der Waals surface area contributed by atoms with Gasteiger partial charge in [0.1, 0.15) is 5.82 Å². The Hall–Kier alpha value is -1.38. The highest BCUT2D eigenvalue weighted by molar-refractivity contribution is 5.78. The largest absolute Gasteiger partial charge is 0.353 e. The van der Waals surface area contributed by atoms with Gasteiger partial charge in [0.25, 0.3) is 0 Å². The van der Waals surface area contributed by atoms with Crippen molar-refractivity contribution in [3.63, 3.8) is 0 Å². The molecule has 0 radical (unpaired) electrons. The molecule has 1 N–H and O–H groups in total. The molecule has 14 heavy (non-hydrogen) atoms. The monoisotopic (exact) mass is 193 g/mol. The predicted octanol–water partition coefficient (Wildman–Crippen LogP) is 1.65. The zero-order valence-electron chi connectivity index (χ0n) is 7.79. The number of halogens is 1. The molecule has 1 fully saturated rings. The summed E-state index contributed by atoms with van der Waals surface area (Å²) in [6, 6.07) is 6.71. The van der Waals surface area contributed by atoms with Gasteiger partial charge in [-0.3, -0.25) is 4.79 Å². The number of nitrogens with one attached hydrogen (secondary N) is 1. The van der Waals surface area contributed by atoms with Gasteiger partial charge >= 0.3 is 0 Å². The first kappa shape index (κ1) is 9.19. The summed E-state index contributed by atoms with van der Waals surface area (Å²) in [6.45, 7) is 0. The Morgan fingerprint density at radius 1 is 1.50 bits per heavy atom. The van der Waals surface area contributed by atoms with Crippen LogP contribution in [0, 0.1) is 5.82 Å². The van der Waals surface area contributed by atoms with Crippen LogP contribution in [0.3, 0.4) is 0 Å². The van der Waals surface area contributed by atoms with Gasteiger partial charge in [-0.2, -0.15) is 0 Å². The van der Waals surface area contributed by atoms with E-state index in [0.29, 0.717) is 6.42 Å². The van der Waals surface area contributed by atoms with Gasteiger partial charge in [0, 0.05) is 12.5 Å². The molecule has 1 heterocycles. The lowest BCUT2D eigenvalue weighted by atomic mass is 10.0. The Labute approximate surface area is 82.1 Å². The van der Waals surface area contributed by atoms with E-state index >= 15 is 0 Å². The van der Waals surface area contributed by atoms with E-state index in [0.717, 1.165) is 18.4 Å². The number of benzene rings is 1. The number of hydrogen-bond acceptors (Lipinski definition) is 1. The molecule has 2 rings (SSSR count). The highest BCUT2D eigenvalue weighted by atomic mass is 19.1. The third kappa shape index (κ3) is 2.10. The summed E-state index contributed by atoms with van der Waals surface area (Å²) in [5.74, 6) is -0.113. The summed E-state index contributed by atoms with van der Waals surface area (Å²) in [7, 11) is 0. The quantitative estimate of drug-likeness (QED) is 0.760. The standard InChI is InChI=1S/C11H12FNO/c12-9-3-1-2-8(6-9)7-10-4-5-11(14)13-10/h1-3,6,10H,4-5,7H2,(H,13,14). The molecular formula is C11H12FNO. The van der Waals surface area contributed by atoms with Crippen molar-refractivity contribution in [2.75, 3.05) is 0 Å². The molecule has 1 aromatic rings. The molecule has 0 aromatic heterocycles. The van der Waals surface area contributed by atoms with Crippen LogP contribution >= 0.6 is 0 Å². The van der Waals surface area contributed by atoms with Gasteiger partial charge in [0.2, 0.25) is 5.91 Å². The third-order valence-corrected chi connectivity index (χ3v) is 2.46. The fourth-order valence-electron chi connectivity index (χ4n) is 1.78. The van der Waals surface area contributed by atoms with E-state index in [1.165, 1.54) is 12.1 Å². The summed E-state index contributed by atoms with van der Waals surface area (Å²) < 4.78 is 12.8. The first-order valence-electron chi connectivity index (χ1n) is 4.78. The van der Waals surface area contributed by atoms with Crippen LogP contribution in [0.1, 0.15) is 18.4 Å². The summed E-state index contributed by atoms with van der Waals surface area (Å²) >= 11 is 0. The zero-order valence-corrected chi connectivity index (χ0v) is 7.79. The molecule has 1 aliphatic heterocycles. The average molecular weight is 193 g/mol. The third-order valence-electron chi connectivity index (χ3n) is 2.46. The molecule has 2 nitrogen and oxygen atoms in total. The van der Waals surface area contributed by atoms with E-state index in [2.05, 4.69) is 5.32 Å². The van der Waals surface area contributed by atoms with E-state index in [1.807, 2.05) is 6.07 Å². The molecule has 1 saturated heterocycles.